The summed E-state index contributed by atoms with van der Waals surface area (Å²) < 4.78 is 13.2. The lowest BCUT2D eigenvalue weighted by Crippen LogP contribution is -2.53. The summed E-state index contributed by atoms with van der Waals surface area (Å²) >= 11 is 1.59. The molecule has 4 nitrogen and oxygen atoms in total. The van der Waals surface area contributed by atoms with Crippen molar-refractivity contribution in [3.05, 3.63) is 58.0 Å². The van der Waals surface area contributed by atoms with Crippen molar-refractivity contribution in [2.24, 2.45) is 0 Å². The maximum atomic E-state index is 13.2. The van der Waals surface area contributed by atoms with Gasteiger partial charge in [0.15, 0.2) is 0 Å². The van der Waals surface area contributed by atoms with E-state index in [-0.39, 0.29) is 30.2 Å². The van der Waals surface area contributed by atoms with Crippen LogP contribution in [0.2, 0.25) is 0 Å². The smallest absolute Gasteiger partial charge is 0.234 e. The molecule has 0 aliphatic carbocycles. The van der Waals surface area contributed by atoms with Crippen LogP contribution >= 0.6 is 23.7 Å². The molecule has 1 amide bonds. The van der Waals surface area contributed by atoms with E-state index in [2.05, 4.69) is 22.5 Å². The van der Waals surface area contributed by atoms with Crippen LogP contribution in [-0.4, -0.2) is 43.0 Å². The van der Waals surface area contributed by atoms with Crippen LogP contribution in [0.3, 0.4) is 0 Å². The van der Waals surface area contributed by atoms with E-state index in [0.717, 1.165) is 30.1 Å². The Hall–Kier alpha value is -1.47. The number of nitrogens with one attached hydrogen (secondary N) is 2. The fourth-order valence-corrected chi connectivity index (χ4v) is 3.74. The van der Waals surface area contributed by atoms with Crippen molar-refractivity contribution < 1.29 is 9.18 Å². The first kappa shape index (κ1) is 19.8. The fraction of sp³-hybridized carbons (Fsp3) is 0.389. The summed E-state index contributed by atoms with van der Waals surface area (Å²) in [6, 6.07) is 10.4. The van der Waals surface area contributed by atoms with E-state index in [1.54, 1.807) is 23.5 Å². The molecule has 0 bridgehead atoms. The van der Waals surface area contributed by atoms with Crippen LogP contribution < -0.4 is 10.6 Å². The van der Waals surface area contributed by atoms with Gasteiger partial charge >= 0.3 is 0 Å². The van der Waals surface area contributed by atoms with Gasteiger partial charge in [-0.25, -0.2) is 4.39 Å². The first-order chi connectivity index (χ1) is 11.6. The van der Waals surface area contributed by atoms with E-state index in [1.165, 1.54) is 12.1 Å². The van der Waals surface area contributed by atoms with E-state index in [0.29, 0.717) is 12.6 Å². The first-order valence-corrected chi connectivity index (χ1v) is 9.04. The molecular weight excluding hydrogens is 361 g/mol. The largest absolute Gasteiger partial charge is 0.343 e. The van der Waals surface area contributed by atoms with Crippen molar-refractivity contribution in [2.45, 2.75) is 19.0 Å². The van der Waals surface area contributed by atoms with Crippen LogP contribution in [0.1, 0.15) is 23.4 Å². The predicted molar refractivity (Wildman–Crippen MR) is 102 cm³/mol. The summed E-state index contributed by atoms with van der Waals surface area (Å²) in [6.45, 7) is 5.18. The average molecular weight is 384 g/mol. The van der Waals surface area contributed by atoms with Gasteiger partial charge in [-0.3, -0.25) is 9.69 Å². The molecule has 1 aliphatic rings. The molecule has 7 heteroatoms. The number of carbonyl (C=O) groups is 1. The van der Waals surface area contributed by atoms with Crippen molar-refractivity contribution in [1.82, 2.24) is 15.5 Å². The lowest BCUT2D eigenvalue weighted by atomic mass is 10.1. The molecule has 0 spiro atoms. The van der Waals surface area contributed by atoms with Gasteiger partial charge in [0.25, 0.3) is 0 Å². The van der Waals surface area contributed by atoms with Crippen LogP contribution in [0.5, 0.6) is 0 Å². The summed E-state index contributed by atoms with van der Waals surface area (Å²) in [5, 5.41) is 8.42. The molecule has 2 N–H and O–H groups in total. The molecule has 25 heavy (non-hydrogen) atoms. The van der Waals surface area contributed by atoms with Gasteiger partial charge in [-0.15, -0.1) is 23.7 Å². The van der Waals surface area contributed by atoms with Crippen molar-refractivity contribution in [3.63, 3.8) is 0 Å². The highest BCUT2D eigenvalue weighted by Crippen LogP contribution is 2.26. The molecule has 0 saturated carbocycles. The van der Waals surface area contributed by atoms with Crippen LogP contribution in [0, 0.1) is 5.82 Å². The molecular formula is C18H23ClFN3OS. The van der Waals surface area contributed by atoms with Gasteiger partial charge in [0, 0.05) is 30.6 Å². The van der Waals surface area contributed by atoms with Crippen LogP contribution in [-0.2, 0) is 4.79 Å². The molecule has 1 aliphatic heterocycles. The van der Waals surface area contributed by atoms with Crippen LogP contribution in [0.25, 0.3) is 0 Å². The lowest BCUT2D eigenvalue weighted by Gasteiger charge is -2.33. The molecule has 1 saturated heterocycles. The molecule has 1 fully saturated rings. The first-order valence-electron chi connectivity index (χ1n) is 8.16. The third-order valence-corrected chi connectivity index (χ3v) is 5.26. The summed E-state index contributed by atoms with van der Waals surface area (Å²) in [4.78, 5) is 15.8. The summed E-state index contributed by atoms with van der Waals surface area (Å²) in [5.41, 5.74) is 0.889. The van der Waals surface area contributed by atoms with Crippen molar-refractivity contribution >= 4 is 29.7 Å². The number of hydrogen-bond acceptors (Lipinski definition) is 4. The van der Waals surface area contributed by atoms with E-state index >= 15 is 0 Å². The maximum absolute atomic E-state index is 13.2. The zero-order valence-corrected chi connectivity index (χ0v) is 15.7. The van der Waals surface area contributed by atoms with Crippen molar-refractivity contribution in [2.75, 3.05) is 26.2 Å². The number of piperazine rings is 1. The minimum absolute atomic E-state index is 0. The Bertz CT molecular complexity index is 665. The second kappa shape index (κ2) is 9.29. The SMILES string of the molecule is C[C@@H]1CNCCN1CC(=O)NC(c1ccc(F)cc1)c1cccs1.Cl. The molecule has 2 atom stereocenters. The van der Waals surface area contributed by atoms with E-state index < -0.39 is 0 Å². The van der Waals surface area contributed by atoms with E-state index in [1.807, 2.05) is 17.5 Å². The van der Waals surface area contributed by atoms with Crippen LogP contribution in [0.4, 0.5) is 4.39 Å². The van der Waals surface area contributed by atoms with Gasteiger partial charge in [-0.2, -0.15) is 0 Å². The molecule has 3 rings (SSSR count). The molecule has 1 aromatic carbocycles. The Kier molecular flexibility index (Phi) is 7.38. The van der Waals surface area contributed by atoms with Gasteiger partial charge in [0.2, 0.25) is 5.91 Å². The summed E-state index contributed by atoms with van der Waals surface area (Å²) in [7, 11) is 0. The van der Waals surface area contributed by atoms with Crippen molar-refractivity contribution in [1.29, 1.82) is 0 Å². The number of halogens is 2. The summed E-state index contributed by atoms with van der Waals surface area (Å²) in [6.07, 6.45) is 0. The normalized spacial score (nSPS) is 19.0. The summed E-state index contributed by atoms with van der Waals surface area (Å²) in [5.74, 6) is -0.281. The molecule has 2 aromatic rings. The third-order valence-electron chi connectivity index (χ3n) is 4.32. The number of hydrogen-bond donors (Lipinski definition) is 2. The van der Waals surface area contributed by atoms with E-state index in [4.69, 9.17) is 0 Å². The molecule has 0 radical (unpaired) electrons. The monoisotopic (exact) mass is 383 g/mol. The quantitative estimate of drug-likeness (QED) is 0.834. The zero-order valence-electron chi connectivity index (χ0n) is 14.1. The Morgan fingerprint density at radius 3 is 2.80 bits per heavy atom. The van der Waals surface area contributed by atoms with E-state index in [9.17, 15) is 9.18 Å². The standard InChI is InChI=1S/C18H22FN3OS.ClH/c1-13-11-20-8-9-22(13)12-17(23)21-18(16-3-2-10-24-16)14-4-6-15(19)7-5-14;/h2-7,10,13,18,20H,8-9,11-12H2,1H3,(H,21,23);1H/t13-,18?;/m1./s1. The van der Waals surface area contributed by atoms with Gasteiger partial charge in [0.05, 0.1) is 12.6 Å². The number of benzene rings is 1. The second-order valence-corrected chi connectivity index (χ2v) is 7.07. The minimum atomic E-state index is -0.273. The van der Waals surface area contributed by atoms with Gasteiger partial charge in [0.1, 0.15) is 5.82 Å². The number of rotatable bonds is 5. The van der Waals surface area contributed by atoms with Crippen molar-refractivity contribution in [3.8, 4) is 0 Å². The Morgan fingerprint density at radius 1 is 1.40 bits per heavy atom. The maximum Gasteiger partial charge on any atom is 0.234 e. The molecule has 136 valence electrons. The molecule has 2 heterocycles. The average Bonchev–Trinajstić information content (AvgIpc) is 3.10. The van der Waals surface area contributed by atoms with Gasteiger partial charge in [-0.1, -0.05) is 18.2 Å². The molecule has 1 unspecified atom stereocenters. The Morgan fingerprint density at radius 2 is 2.16 bits per heavy atom. The predicted octanol–water partition coefficient (Wildman–Crippen LogP) is 2.81. The second-order valence-electron chi connectivity index (χ2n) is 6.09. The number of amides is 1. The molecule has 1 aromatic heterocycles. The highest BCUT2D eigenvalue weighted by molar-refractivity contribution is 7.10. The number of nitrogens with zero attached hydrogens (tertiary/aromatic N) is 1. The Labute approximate surface area is 157 Å². The fourth-order valence-electron chi connectivity index (χ4n) is 2.94. The number of carbonyl (C=O) groups excluding carboxylic acids is 1. The highest BCUT2D eigenvalue weighted by atomic mass is 35.5. The Balaban J connectivity index is 0.00000225. The third kappa shape index (κ3) is 5.25. The van der Waals surface area contributed by atoms with Crippen LogP contribution in [0.15, 0.2) is 41.8 Å². The minimum Gasteiger partial charge on any atom is -0.343 e. The lowest BCUT2D eigenvalue weighted by molar-refractivity contribution is -0.123. The zero-order chi connectivity index (χ0) is 16.9. The highest BCUT2D eigenvalue weighted by Gasteiger charge is 2.23. The topological polar surface area (TPSA) is 44.4 Å². The van der Waals surface area contributed by atoms with Gasteiger partial charge in [-0.05, 0) is 36.1 Å². The number of thiophene rings is 1. The van der Waals surface area contributed by atoms with Gasteiger partial charge < -0.3 is 10.6 Å².